The second kappa shape index (κ2) is 10.2. The summed E-state index contributed by atoms with van der Waals surface area (Å²) in [5.74, 6) is 1.39. The second-order valence-electron chi connectivity index (χ2n) is 6.07. The Morgan fingerprint density at radius 1 is 1.36 bits per heavy atom. The lowest BCUT2D eigenvalue weighted by Crippen LogP contribution is -2.38. The molecule has 1 atom stereocenters. The van der Waals surface area contributed by atoms with Gasteiger partial charge in [0.2, 0.25) is 0 Å². The highest BCUT2D eigenvalue weighted by Gasteiger charge is 2.27. The van der Waals surface area contributed by atoms with Crippen molar-refractivity contribution < 1.29 is 8.42 Å². The molecule has 0 radical (unpaired) electrons. The third-order valence-electron chi connectivity index (χ3n) is 3.93. The van der Waals surface area contributed by atoms with Crippen LogP contribution in [0.4, 0.5) is 0 Å². The first-order valence-corrected chi connectivity index (χ1v) is 10.5. The lowest BCUT2D eigenvalue weighted by atomic mass is 10.1. The minimum Gasteiger partial charge on any atom is -0.357 e. The van der Waals surface area contributed by atoms with Crippen LogP contribution in [-0.2, 0) is 16.4 Å². The van der Waals surface area contributed by atoms with Crippen molar-refractivity contribution in [3.8, 4) is 0 Å². The fourth-order valence-corrected chi connectivity index (χ4v) is 4.86. The number of sulfone groups is 1. The van der Waals surface area contributed by atoms with Gasteiger partial charge in [0.25, 0.3) is 0 Å². The van der Waals surface area contributed by atoms with Crippen molar-refractivity contribution in [2.45, 2.75) is 19.9 Å². The van der Waals surface area contributed by atoms with E-state index in [1.807, 2.05) is 31.0 Å². The van der Waals surface area contributed by atoms with Crippen molar-refractivity contribution in [3.05, 3.63) is 33.8 Å². The van der Waals surface area contributed by atoms with E-state index in [2.05, 4.69) is 10.3 Å². The van der Waals surface area contributed by atoms with Gasteiger partial charge in [-0.15, -0.1) is 24.0 Å². The molecule has 1 saturated heterocycles. The summed E-state index contributed by atoms with van der Waals surface area (Å²) in [6, 6.07) is 5.55. The van der Waals surface area contributed by atoms with E-state index in [0.29, 0.717) is 29.6 Å². The van der Waals surface area contributed by atoms with E-state index in [9.17, 15) is 8.42 Å². The molecule has 142 valence electrons. The van der Waals surface area contributed by atoms with Gasteiger partial charge in [-0.3, -0.25) is 4.99 Å². The molecular weight excluding hydrogens is 496 g/mol. The third kappa shape index (κ3) is 7.11. The average molecular weight is 520 g/mol. The molecule has 25 heavy (non-hydrogen) atoms. The van der Waals surface area contributed by atoms with Gasteiger partial charge >= 0.3 is 0 Å². The first-order chi connectivity index (χ1) is 11.3. The molecule has 1 N–H and O–H groups in total. The van der Waals surface area contributed by atoms with E-state index in [0.717, 1.165) is 18.1 Å². The number of halogens is 3. The topological polar surface area (TPSA) is 61.8 Å². The summed E-state index contributed by atoms with van der Waals surface area (Å²) in [5.41, 5.74) is 1.03. The van der Waals surface area contributed by atoms with Crippen LogP contribution in [0.3, 0.4) is 0 Å². The summed E-state index contributed by atoms with van der Waals surface area (Å²) in [5, 5.41) is 4.30. The Bertz CT molecular complexity index is 713. The summed E-state index contributed by atoms with van der Waals surface area (Å²) >= 11 is 12.0. The molecule has 9 heteroatoms. The molecular formula is C16H24Cl2IN3O2S. The Hall–Kier alpha value is -0.250. The van der Waals surface area contributed by atoms with Crippen molar-refractivity contribution in [1.82, 2.24) is 10.2 Å². The molecule has 1 aromatic rings. The van der Waals surface area contributed by atoms with Crippen molar-refractivity contribution in [1.29, 1.82) is 0 Å². The zero-order chi connectivity index (χ0) is 17.7. The number of nitrogens with one attached hydrogen (secondary N) is 1. The first kappa shape index (κ1) is 22.8. The lowest BCUT2D eigenvalue weighted by molar-refractivity contribution is 0.472. The molecule has 1 fully saturated rings. The number of benzene rings is 1. The molecule has 0 amide bonds. The summed E-state index contributed by atoms with van der Waals surface area (Å²) in [6.07, 6.45) is 0.696. The van der Waals surface area contributed by atoms with Gasteiger partial charge in [-0.05, 0) is 37.0 Å². The van der Waals surface area contributed by atoms with Gasteiger partial charge < -0.3 is 10.2 Å². The molecule has 2 rings (SSSR count). The van der Waals surface area contributed by atoms with Crippen LogP contribution in [0.1, 0.15) is 18.9 Å². The second-order valence-corrected chi connectivity index (χ2v) is 9.11. The first-order valence-electron chi connectivity index (χ1n) is 7.94. The summed E-state index contributed by atoms with van der Waals surface area (Å²) in [4.78, 5) is 6.60. The number of rotatable bonds is 5. The number of nitrogens with zero attached hydrogens (tertiary/aromatic N) is 2. The van der Waals surface area contributed by atoms with Gasteiger partial charge in [-0.25, -0.2) is 8.42 Å². The molecule has 0 aromatic heterocycles. The maximum atomic E-state index is 11.5. The maximum Gasteiger partial charge on any atom is 0.193 e. The van der Waals surface area contributed by atoms with E-state index < -0.39 is 9.84 Å². The summed E-state index contributed by atoms with van der Waals surface area (Å²) in [6.45, 7) is 3.90. The highest BCUT2D eigenvalue weighted by Crippen LogP contribution is 2.23. The van der Waals surface area contributed by atoms with E-state index in [-0.39, 0.29) is 41.4 Å². The molecule has 0 saturated carbocycles. The van der Waals surface area contributed by atoms with Crippen molar-refractivity contribution in [2.24, 2.45) is 10.9 Å². The predicted octanol–water partition coefficient (Wildman–Crippen LogP) is 3.44. The molecule has 0 spiro atoms. The van der Waals surface area contributed by atoms with Crippen molar-refractivity contribution in [3.63, 3.8) is 0 Å². The van der Waals surface area contributed by atoms with Crippen molar-refractivity contribution >= 4 is 63.0 Å². The normalized spacial score (nSPS) is 19.4. The number of guanidine groups is 1. The molecule has 1 aliphatic heterocycles. The van der Waals surface area contributed by atoms with Crippen LogP contribution >= 0.6 is 47.2 Å². The Labute approximate surface area is 177 Å². The molecule has 5 nitrogen and oxygen atoms in total. The monoisotopic (exact) mass is 519 g/mol. The Kier molecular flexibility index (Phi) is 9.28. The zero-order valence-electron chi connectivity index (χ0n) is 14.3. The van der Waals surface area contributed by atoms with E-state index >= 15 is 0 Å². The van der Waals surface area contributed by atoms with Crippen LogP contribution in [0.2, 0.25) is 10.0 Å². The van der Waals surface area contributed by atoms with Gasteiger partial charge in [0.15, 0.2) is 15.8 Å². The minimum atomic E-state index is -2.86. The Morgan fingerprint density at radius 3 is 2.64 bits per heavy atom. The quantitative estimate of drug-likeness (QED) is 0.367. The van der Waals surface area contributed by atoms with Crippen LogP contribution in [-0.4, -0.2) is 50.9 Å². The molecule has 1 unspecified atom stereocenters. The van der Waals surface area contributed by atoms with E-state index in [4.69, 9.17) is 23.2 Å². The summed E-state index contributed by atoms with van der Waals surface area (Å²) < 4.78 is 23.1. The van der Waals surface area contributed by atoms with Crippen LogP contribution in [0, 0.1) is 5.92 Å². The average Bonchev–Trinajstić information content (AvgIpc) is 2.86. The maximum absolute atomic E-state index is 11.5. The van der Waals surface area contributed by atoms with Gasteiger partial charge in [-0.2, -0.15) is 0 Å². The number of hydrogen-bond acceptors (Lipinski definition) is 3. The third-order valence-corrected chi connectivity index (χ3v) is 6.50. The predicted molar refractivity (Wildman–Crippen MR) is 116 cm³/mol. The molecule has 1 aromatic carbocycles. The van der Waals surface area contributed by atoms with Crippen molar-refractivity contribution in [2.75, 3.05) is 31.6 Å². The highest BCUT2D eigenvalue weighted by atomic mass is 127. The van der Waals surface area contributed by atoms with Gasteiger partial charge in [0.05, 0.1) is 21.6 Å². The SMILES string of the molecule is CCNC(=NCC1CCS(=O)(=O)C1)N(C)Cc1ccc(Cl)c(Cl)c1.I. The van der Waals surface area contributed by atoms with E-state index in [1.165, 1.54) is 0 Å². The molecule has 0 bridgehead atoms. The number of aliphatic imine (C=N–C) groups is 1. The van der Waals surface area contributed by atoms with Crippen LogP contribution < -0.4 is 5.32 Å². The van der Waals surface area contributed by atoms with Crippen LogP contribution in [0.5, 0.6) is 0 Å². The molecule has 1 heterocycles. The van der Waals surface area contributed by atoms with Gasteiger partial charge in [0, 0.05) is 26.7 Å². The zero-order valence-corrected chi connectivity index (χ0v) is 19.0. The van der Waals surface area contributed by atoms with Gasteiger partial charge in [-0.1, -0.05) is 29.3 Å². The standard InChI is InChI=1S/C16H23Cl2N3O2S.HI/c1-3-19-16(20-9-13-6-7-24(22,23)11-13)21(2)10-12-4-5-14(17)15(18)8-12;/h4-5,8,13H,3,6-7,9-11H2,1-2H3,(H,19,20);1H. The van der Waals surface area contributed by atoms with Gasteiger partial charge in [0.1, 0.15) is 0 Å². The van der Waals surface area contributed by atoms with E-state index in [1.54, 1.807) is 6.07 Å². The number of hydrogen-bond donors (Lipinski definition) is 1. The summed E-state index contributed by atoms with van der Waals surface area (Å²) in [7, 11) is -0.924. The fraction of sp³-hybridized carbons (Fsp3) is 0.562. The molecule has 1 aliphatic rings. The Morgan fingerprint density at radius 2 is 2.08 bits per heavy atom. The lowest BCUT2D eigenvalue weighted by Gasteiger charge is -2.22. The highest BCUT2D eigenvalue weighted by molar-refractivity contribution is 14.0. The minimum absolute atomic E-state index is 0. The Balaban J connectivity index is 0.00000312. The van der Waals surface area contributed by atoms with Crippen LogP contribution in [0.25, 0.3) is 0 Å². The molecule has 0 aliphatic carbocycles. The smallest absolute Gasteiger partial charge is 0.193 e. The largest absolute Gasteiger partial charge is 0.357 e. The van der Waals surface area contributed by atoms with Crippen LogP contribution in [0.15, 0.2) is 23.2 Å². The fourth-order valence-electron chi connectivity index (χ4n) is 2.69.